The Kier molecular flexibility index (Phi) is 5.56. The quantitative estimate of drug-likeness (QED) is 0.488. The van der Waals surface area contributed by atoms with Crippen LogP contribution in [0.2, 0.25) is 0 Å². The van der Waals surface area contributed by atoms with E-state index in [1.807, 2.05) is 19.0 Å². The molecule has 5 nitrogen and oxygen atoms in total. The second kappa shape index (κ2) is 7.90. The van der Waals surface area contributed by atoms with Crippen molar-refractivity contribution >= 4 is 17.4 Å². The van der Waals surface area contributed by atoms with Crippen LogP contribution >= 0.6 is 0 Å². The number of aliphatic hydroxyl groups is 1. The summed E-state index contributed by atoms with van der Waals surface area (Å²) in [7, 11) is 3.63. The monoisotopic (exact) mass is 386 g/mol. The van der Waals surface area contributed by atoms with Crippen LogP contribution in [0.25, 0.3) is 5.76 Å². The van der Waals surface area contributed by atoms with Crippen LogP contribution in [0.1, 0.15) is 17.2 Å². The molecule has 7 heteroatoms. The molecule has 0 bridgehead atoms. The molecule has 1 aliphatic rings. The molecule has 2 aromatic rings. The van der Waals surface area contributed by atoms with Crippen LogP contribution < -0.4 is 0 Å². The Morgan fingerprint density at radius 3 is 2.32 bits per heavy atom. The Labute approximate surface area is 161 Å². The molecule has 2 aromatic carbocycles. The molecule has 1 amide bonds. The van der Waals surface area contributed by atoms with E-state index in [0.29, 0.717) is 6.54 Å². The normalized spacial score (nSPS) is 18.9. The number of benzene rings is 2. The van der Waals surface area contributed by atoms with Crippen molar-refractivity contribution in [1.82, 2.24) is 9.80 Å². The summed E-state index contributed by atoms with van der Waals surface area (Å²) in [4.78, 5) is 28.5. The fourth-order valence-corrected chi connectivity index (χ4v) is 3.20. The van der Waals surface area contributed by atoms with E-state index < -0.39 is 35.1 Å². The van der Waals surface area contributed by atoms with E-state index in [1.54, 1.807) is 6.07 Å². The number of carbonyl (C=O) groups excluding carboxylic acids is 2. The third-order valence-corrected chi connectivity index (χ3v) is 4.65. The minimum Gasteiger partial charge on any atom is -0.507 e. The fraction of sp³-hybridized carbons (Fsp3) is 0.238. The minimum atomic E-state index is -1.06. The van der Waals surface area contributed by atoms with Gasteiger partial charge in [-0.05, 0) is 44.4 Å². The van der Waals surface area contributed by atoms with Crippen molar-refractivity contribution in [1.29, 1.82) is 0 Å². The summed E-state index contributed by atoms with van der Waals surface area (Å²) in [6, 6.07) is 9.63. The number of amides is 1. The number of rotatable bonds is 5. The lowest BCUT2D eigenvalue weighted by Crippen LogP contribution is -2.35. The summed E-state index contributed by atoms with van der Waals surface area (Å²) in [5, 5.41) is 10.7. The van der Waals surface area contributed by atoms with Gasteiger partial charge in [0.25, 0.3) is 11.7 Å². The smallest absolute Gasteiger partial charge is 0.295 e. The Balaban J connectivity index is 2.16. The number of Topliss-reactive ketones (excluding diaryl/α,β-unsaturated/α-hetero) is 1. The highest BCUT2D eigenvalue weighted by Crippen LogP contribution is 2.40. The Morgan fingerprint density at radius 2 is 1.71 bits per heavy atom. The summed E-state index contributed by atoms with van der Waals surface area (Å²) in [5.41, 5.74) is 0.0814. The van der Waals surface area contributed by atoms with Gasteiger partial charge in [-0.2, -0.15) is 0 Å². The standard InChI is InChI=1S/C21H20F2N2O3/c1-24(2)11-12-25-18(15-5-3-4-6-16(15)23)17(20(27)21(25)28)19(26)13-7-9-14(22)10-8-13/h3-10,18,26H,11-12H2,1-2H3/b19-17+/t18-/m0/s1. The van der Waals surface area contributed by atoms with E-state index in [9.17, 15) is 23.5 Å². The molecule has 0 spiro atoms. The zero-order valence-electron chi connectivity index (χ0n) is 15.5. The highest BCUT2D eigenvalue weighted by Gasteiger charge is 2.46. The van der Waals surface area contributed by atoms with Gasteiger partial charge in [0.05, 0.1) is 11.6 Å². The zero-order valence-corrected chi connectivity index (χ0v) is 15.5. The number of carbonyl (C=O) groups is 2. The lowest BCUT2D eigenvalue weighted by molar-refractivity contribution is -0.140. The van der Waals surface area contributed by atoms with E-state index in [-0.39, 0.29) is 23.2 Å². The summed E-state index contributed by atoms with van der Waals surface area (Å²) < 4.78 is 27.8. The Morgan fingerprint density at radius 1 is 1.07 bits per heavy atom. The molecule has 1 fully saturated rings. The molecule has 28 heavy (non-hydrogen) atoms. The van der Waals surface area contributed by atoms with Crippen molar-refractivity contribution in [3.63, 3.8) is 0 Å². The average Bonchev–Trinajstić information content (AvgIpc) is 2.91. The maximum Gasteiger partial charge on any atom is 0.295 e. The number of aliphatic hydroxyl groups excluding tert-OH is 1. The molecule has 146 valence electrons. The number of hydrogen-bond donors (Lipinski definition) is 1. The van der Waals surface area contributed by atoms with Crippen LogP contribution in [0.5, 0.6) is 0 Å². The van der Waals surface area contributed by atoms with Crippen molar-refractivity contribution in [2.75, 3.05) is 27.2 Å². The number of likely N-dealkylation sites (N-methyl/N-ethyl adjacent to an activating group) is 1. The van der Waals surface area contributed by atoms with E-state index >= 15 is 0 Å². The number of ketones is 1. The first-order valence-corrected chi connectivity index (χ1v) is 8.74. The predicted molar refractivity (Wildman–Crippen MR) is 100 cm³/mol. The van der Waals surface area contributed by atoms with Gasteiger partial charge < -0.3 is 14.9 Å². The molecule has 1 N–H and O–H groups in total. The molecular weight excluding hydrogens is 366 g/mol. The van der Waals surface area contributed by atoms with Crippen LogP contribution in [0.4, 0.5) is 8.78 Å². The second-order valence-electron chi connectivity index (χ2n) is 6.82. The first kappa shape index (κ1) is 19.7. The fourth-order valence-electron chi connectivity index (χ4n) is 3.20. The lowest BCUT2D eigenvalue weighted by Gasteiger charge is -2.26. The van der Waals surface area contributed by atoms with Crippen LogP contribution in [0, 0.1) is 11.6 Å². The van der Waals surface area contributed by atoms with Crippen molar-refractivity contribution in [3.05, 3.63) is 76.9 Å². The number of nitrogens with zero attached hydrogens (tertiary/aromatic N) is 2. The van der Waals surface area contributed by atoms with E-state index in [0.717, 1.165) is 12.1 Å². The topological polar surface area (TPSA) is 60.9 Å². The average molecular weight is 386 g/mol. The van der Waals surface area contributed by atoms with Crippen LogP contribution in [-0.2, 0) is 9.59 Å². The first-order valence-electron chi connectivity index (χ1n) is 8.74. The SMILES string of the molecule is CN(C)CCN1C(=O)C(=O)/C(=C(/O)c2ccc(F)cc2)[C@@H]1c1ccccc1F. The summed E-state index contributed by atoms with van der Waals surface area (Å²) in [5.74, 6) is -3.26. The van der Waals surface area contributed by atoms with E-state index in [2.05, 4.69) is 0 Å². The van der Waals surface area contributed by atoms with Crippen LogP contribution in [-0.4, -0.2) is 53.8 Å². The summed E-state index contributed by atoms with van der Waals surface area (Å²) in [6.07, 6.45) is 0. The molecule has 0 aliphatic carbocycles. The van der Waals surface area contributed by atoms with Crippen molar-refractivity contribution in [2.24, 2.45) is 0 Å². The largest absolute Gasteiger partial charge is 0.507 e. The Bertz CT molecular complexity index is 939. The maximum absolute atomic E-state index is 14.5. The highest BCUT2D eigenvalue weighted by atomic mass is 19.1. The highest BCUT2D eigenvalue weighted by molar-refractivity contribution is 6.46. The van der Waals surface area contributed by atoms with Crippen molar-refractivity contribution in [3.8, 4) is 0 Å². The number of hydrogen-bond acceptors (Lipinski definition) is 4. The number of halogens is 2. The van der Waals surface area contributed by atoms with E-state index in [1.165, 1.54) is 35.2 Å². The third kappa shape index (κ3) is 3.66. The summed E-state index contributed by atoms with van der Waals surface area (Å²) in [6.45, 7) is 0.630. The van der Waals surface area contributed by atoms with Gasteiger partial charge in [0.15, 0.2) is 0 Å². The number of likely N-dealkylation sites (tertiary alicyclic amines) is 1. The first-order chi connectivity index (χ1) is 13.3. The second-order valence-corrected chi connectivity index (χ2v) is 6.82. The zero-order chi connectivity index (χ0) is 20.4. The molecule has 0 aromatic heterocycles. The van der Waals surface area contributed by atoms with Crippen molar-refractivity contribution in [2.45, 2.75) is 6.04 Å². The van der Waals surface area contributed by atoms with Gasteiger partial charge in [-0.15, -0.1) is 0 Å². The molecule has 1 heterocycles. The van der Waals surface area contributed by atoms with E-state index in [4.69, 9.17) is 0 Å². The van der Waals surface area contributed by atoms with Crippen LogP contribution in [0.15, 0.2) is 54.1 Å². The molecule has 0 radical (unpaired) electrons. The molecule has 1 saturated heterocycles. The van der Waals surface area contributed by atoms with Crippen LogP contribution in [0.3, 0.4) is 0 Å². The van der Waals surface area contributed by atoms with Gasteiger partial charge in [0, 0.05) is 24.2 Å². The van der Waals surface area contributed by atoms with Gasteiger partial charge in [-0.25, -0.2) is 8.78 Å². The lowest BCUT2D eigenvalue weighted by atomic mass is 9.95. The van der Waals surface area contributed by atoms with Gasteiger partial charge in [0.2, 0.25) is 0 Å². The summed E-state index contributed by atoms with van der Waals surface area (Å²) >= 11 is 0. The predicted octanol–water partition coefficient (Wildman–Crippen LogP) is 2.95. The third-order valence-electron chi connectivity index (χ3n) is 4.65. The molecule has 3 rings (SSSR count). The molecule has 1 aliphatic heterocycles. The van der Waals surface area contributed by atoms with Gasteiger partial charge >= 0.3 is 0 Å². The molecular formula is C21H20F2N2O3. The molecule has 1 atom stereocenters. The molecule has 0 saturated carbocycles. The van der Waals surface area contributed by atoms with Crippen molar-refractivity contribution < 1.29 is 23.5 Å². The maximum atomic E-state index is 14.5. The van der Waals surface area contributed by atoms with Gasteiger partial charge in [-0.1, -0.05) is 18.2 Å². The minimum absolute atomic E-state index is 0.115. The Hall–Kier alpha value is -3.06. The molecule has 0 unspecified atom stereocenters. The van der Waals surface area contributed by atoms with Gasteiger partial charge in [0.1, 0.15) is 17.4 Å². The van der Waals surface area contributed by atoms with Gasteiger partial charge in [-0.3, -0.25) is 9.59 Å².